The highest BCUT2D eigenvalue weighted by molar-refractivity contribution is 5.92. The number of methoxy groups -OCH3 is 1. The summed E-state index contributed by atoms with van der Waals surface area (Å²) < 4.78 is 8.51. The van der Waals surface area contributed by atoms with Crippen LogP contribution >= 0.6 is 0 Å². The zero-order chi connectivity index (χ0) is 17.4. The monoisotopic (exact) mass is 344 g/mol. The number of hydrogen-bond donors (Lipinski definition) is 1. The molecule has 0 saturated heterocycles. The largest absolute Gasteiger partial charge is 0.464 e. The quantitative estimate of drug-likeness (QED) is 0.750. The standard InChI is InChI=1S/C16H20N6O3/c1-25-16(24)12-8-11-9-21(6-7-22(11)19-12)15(23)13-10-20-5-4-17-3-2-14(20)18-13/h8,10,17H,2-7,9H2,1H3. The van der Waals surface area contributed by atoms with E-state index >= 15 is 0 Å². The topological polar surface area (TPSA) is 94.3 Å². The van der Waals surface area contributed by atoms with Crippen LogP contribution in [-0.4, -0.2) is 62.9 Å². The Balaban J connectivity index is 1.52. The van der Waals surface area contributed by atoms with Crippen LogP contribution in [0.25, 0.3) is 0 Å². The maximum absolute atomic E-state index is 12.8. The van der Waals surface area contributed by atoms with Crippen LogP contribution in [0.15, 0.2) is 12.3 Å². The van der Waals surface area contributed by atoms with Crippen molar-refractivity contribution in [1.82, 2.24) is 29.5 Å². The van der Waals surface area contributed by atoms with Gasteiger partial charge in [0, 0.05) is 38.8 Å². The van der Waals surface area contributed by atoms with Crippen molar-refractivity contribution in [1.29, 1.82) is 0 Å². The highest BCUT2D eigenvalue weighted by Crippen LogP contribution is 2.17. The third-order valence-corrected chi connectivity index (χ3v) is 4.61. The van der Waals surface area contributed by atoms with Gasteiger partial charge in [0.1, 0.15) is 11.5 Å². The van der Waals surface area contributed by atoms with E-state index in [9.17, 15) is 9.59 Å². The van der Waals surface area contributed by atoms with E-state index in [-0.39, 0.29) is 11.6 Å². The van der Waals surface area contributed by atoms with Gasteiger partial charge in [-0.3, -0.25) is 9.48 Å². The van der Waals surface area contributed by atoms with E-state index in [0.717, 1.165) is 37.6 Å². The number of imidazole rings is 1. The summed E-state index contributed by atoms with van der Waals surface area (Å²) in [5, 5.41) is 7.54. The molecule has 0 aromatic carbocycles. The molecule has 2 aliphatic heterocycles. The Morgan fingerprint density at radius 1 is 1.20 bits per heavy atom. The minimum absolute atomic E-state index is 0.0828. The van der Waals surface area contributed by atoms with E-state index < -0.39 is 5.97 Å². The molecule has 1 amide bonds. The Morgan fingerprint density at radius 2 is 2.08 bits per heavy atom. The van der Waals surface area contributed by atoms with Crippen LogP contribution in [-0.2, 0) is 30.8 Å². The third-order valence-electron chi connectivity index (χ3n) is 4.61. The SMILES string of the molecule is COC(=O)c1cc2n(n1)CCN(C(=O)c1cn3c(n1)CCNCC3)C2. The fourth-order valence-electron chi connectivity index (χ4n) is 3.28. The van der Waals surface area contributed by atoms with Gasteiger partial charge in [0.25, 0.3) is 5.91 Å². The van der Waals surface area contributed by atoms with Crippen LogP contribution < -0.4 is 5.32 Å². The second kappa shape index (κ2) is 6.32. The molecule has 0 atom stereocenters. The first-order chi connectivity index (χ1) is 12.2. The highest BCUT2D eigenvalue weighted by atomic mass is 16.5. The molecule has 2 aromatic heterocycles. The number of ether oxygens (including phenoxy) is 1. The van der Waals surface area contributed by atoms with Crippen molar-refractivity contribution in [2.45, 2.75) is 26.1 Å². The lowest BCUT2D eigenvalue weighted by Crippen LogP contribution is -2.38. The van der Waals surface area contributed by atoms with E-state index in [1.807, 2.05) is 6.20 Å². The summed E-state index contributed by atoms with van der Waals surface area (Å²) in [6.07, 6.45) is 2.67. The molecule has 0 bridgehead atoms. The lowest BCUT2D eigenvalue weighted by molar-refractivity contribution is 0.0591. The number of nitrogens with one attached hydrogen (secondary N) is 1. The molecule has 0 saturated carbocycles. The molecule has 0 radical (unpaired) electrons. The molecule has 2 aliphatic rings. The summed E-state index contributed by atoms with van der Waals surface area (Å²) in [4.78, 5) is 30.7. The molecule has 25 heavy (non-hydrogen) atoms. The van der Waals surface area contributed by atoms with E-state index in [1.54, 1.807) is 15.6 Å². The van der Waals surface area contributed by atoms with Gasteiger partial charge in [0.15, 0.2) is 5.69 Å². The third kappa shape index (κ3) is 2.91. The fraction of sp³-hybridized carbons (Fsp3) is 0.500. The summed E-state index contributed by atoms with van der Waals surface area (Å²) in [5.74, 6) is 0.398. The Labute approximate surface area is 144 Å². The molecule has 9 heteroatoms. The second-order valence-electron chi connectivity index (χ2n) is 6.20. The number of esters is 1. The molecular formula is C16H20N6O3. The minimum Gasteiger partial charge on any atom is -0.464 e. The summed E-state index contributed by atoms with van der Waals surface area (Å²) in [7, 11) is 1.33. The molecule has 132 valence electrons. The van der Waals surface area contributed by atoms with Crippen LogP contribution in [0.5, 0.6) is 0 Å². The van der Waals surface area contributed by atoms with Gasteiger partial charge in [-0.2, -0.15) is 5.10 Å². The molecule has 1 N–H and O–H groups in total. The zero-order valence-electron chi connectivity index (χ0n) is 14.1. The number of amides is 1. The number of nitrogens with zero attached hydrogens (tertiary/aromatic N) is 5. The lowest BCUT2D eigenvalue weighted by Gasteiger charge is -2.27. The number of aromatic nitrogens is 4. The number of hydrogen-bond acceptors (Lipinski definition) is 6. The maximum atomic E-state index is 12.8. The fourth-order valence-corrected chi connectivity index (χ4v) is 3.28. The van der Waals surface area contributed by atoms with Crippen LogP contribution in [0.4, 0.5) is 0 Å². The van der Waals surface area contributed by atoms with Gasteiger partial charge in [-0.15, -0.1) is 0 Å². The molecule has 9 nitrogen and oxygen atoms in total. The lowest BCUT2D eigenvalue weighted by atomic mass is 10.2. The molecular weight excluding hydrogens is 324 g/mol. The predicted molar refractivity (Wildman–Crippen MR) is 87.1 cm³/mol. The zero-order valence-corrected chi connectivity index (χ0v) is 14.1. The first-order valence-corrected chi connectivity index (χ1v) is 8.37. The normalized spacial score (nSPS) is 16.8. The molecule has 0 fully saturated rings. The van der Waals surface area contributed by atoms with Crippen molar-refractivity contribution in [3.63, 3.8) is 0 Å². The number of rotatable bonds is 2. The van der Waals surface area contributed by atoms with Crippen LogP contribution in [0, 0.1) is 0 Å². The molecule has 2 aromatic rings. The average molecular weight is 344 g/mol. The number of fused-ring (bicyclic) bond motifs is 2. The highest BCUT2D eigenvalue weighted by Gasteiger charge is 2.27. The van der Waals surface area contributed by atoms with E-state index in [2.05, 4.69) is 20.0 Å². The Morgan fingerprint density at radius 3 is 2.92 bits per heavy atom. The smallest absolute Gasteiger partial charge is 0.358 e. The number of carbonyl (C=O) groups excluding carboxylic acids is 2. The summed E-state index contributed by atoms with van der Waals surface area (Å²) in [5.41, 5.74) is 1.58. The van der Waals surface area contributed by atoms with E-state index in [4.69, 9.17) is 4.74 Å². The van der Waals surface area contributed by atoms with Crippen molar-refractivity contribution in [3.05, 3.63) is 35.2 Å². The minimum atomic E-state index is -0.466. The van der Waals surface area contributed by atoms with E-state index in [0.29, 0.717) is 25.3 Å². The Hall–Kier alpha value is -2.68. The van der Waals surface area contributed by atoms with Crippen molar-refractivity contribution in [3.8, 4) is 0 Å². The predicted octanol–water partition coefficient (Wildman–Crippen LogP) is -0.332. The van der Waals surface area contributed by atoms with Crippen LogP contribution in [0.3, 0.4) is 0 Å². The summed E-state index contributed by atoms with van der Waals surface area (Å²) in [6.45, 7) is 4.09. The molecule has 4 rings (SSSR count). The molecule has 0 aliphatic carbocycles. The van der Waals surface area contributed by atoms with Gasteiger partial charge in [0.2, 0.25) is 0 Å². The van der Waals surface area contributed by atoms with Gasteiger partial charge in [0.05, 0.1) is 25.9 Å². The van der Waals surface area contributed by atoms with Crippen molar-refractivity contribution < 1.29 is 14.3 Å². The van der Waals surface area contributed by atoms with Gasteiger partial charge in [-0.1, -0.05) is 0 Å². The second-order valence-corrected chi connectivity index (χ2v) is 6.20. The van der Waals surface area contributed by atoms with Crippen molar-refractivity contribution >= 4 is 11.9 Å². The summed E-state index contributed by atoms with van der Waals surface area (Å²) >= 11 is 0. The van der Waals surface area contributed by atoms with Crippen molar-refractivity contribution in [2.75, 3.05) is 26.7 Å². The van der Waals surface area contributed by atoms with Gasteiger partial charge < -0.3 is 19.5 Å². The first kappa shape index (κ1) is 15.8. The molecule has 0 unspecified atom stereocenters. The van der Waals surface area contributed by atoms with Gasteiger partial charge in [-0.05, 0) is 6.07 Å². The summed E-state index contributed by atoms with van der Waals surface area (Å²) in [6, 6.07) is 1.68. The molecule has 4 heterocycles. The van der Waals surface area contributed by atoms with Crippen LogP contribution in [0.2, 0.25) is 0 Å². The molecule has 0 spiro atoms. The van der Waals surface area contributed by atoms with Gasteiger partial charge >= 0.3 is 5.97 Å². The van der Waals surface area contributed by atoms with Crippen molar-refractivity contribution in [2.24, 2.45) is 0 Å². The first-order valence-electron chi connectivity index (χ1n) is 8.37. The van der Waals surface area contributed by atoms with Crippen LogP contribution in [0.1, 0.15) is 32.5 Å². The Bertz CT molecular complexity index is 800. The average Bonchev–Trinajstić information content (AvgIpc) is 3.18. The van der Waals surface area contributed by atoms with Gasteiger partial charge in [-0.25, -0.2) is 9.78 Å². The maximum Gasteiger partial charge on any atom is 0.358 e. The number of carbonyl (C=O) groups is 2. The Kier molecular flexibility index (Phi) is 4.00. The van der Waals surface area contributed by atoms with E-state index in [1.165, 1.54) is 7.11 Å².